The minimum atomic E-state index is -0.526. The fraction of sp³-hybridized carbons (Fsp3) is 0.522. The van der Waals surface area contributed by atoms with Crippen molar-refractivity contribution in [1.29, 1.82) is 0 Å². The van der Waals surface area contributed by atoms with Crippen LogP contribution >= 0.6 is 11.6 Å². The Hall–Kier alpha value is -2.14. The number of carbonyl (C=O) groups excluding carboxylic acids is 1. The third-order valence-corrected chi connectivity index (χ3v) is 6.21. The highest BCUT2D eigenvalue weighted by molar-refractivity contribution is 6.19. The molecule has 6 heteroatoms. The number of alkyl halides is 1. The zero-order valence-electron chi connectivity index (χ0n) is 18.1. The molecule has 1 aromatic carbocycles. The third-order valence-electron chi connectivity index (χ3n) is 5.55. The maximum absolute atomic E-state index is 12.7. The van der Waals surface area contributed by atoms with E-state index in [2.05, 4.69) is 48.0 Å². The minimum Gasteiger partial charge on any atom is -0.353 e. The van der Waals surface area contributed by atoms with Gasteiger partial charge in [0, 0.05) is 49.7 Å². The highest BCUT2D eigenvalue weighted by Crippen LogP contribution is 2.27. The average molecular weight is 415 g/mol. The number of rotatable bonds is 5. The van der Waals surface area contributed by atoms with E-state index in [1.165, 1.54) is 16.7 Å². The van der Waals surface area contributed by atoms with E-state index in [1.807, 2.05) is 25.7 Å². The summed E-state index contributed by atoms with van der Waals surface area (Å²) in [6.45, 7) is 12.8. The molecule has 1 aliphatic rings. The van der Waals surface area contributed by atoms with Crippen LogP contribution in [0.15, 0.2) is 24.3 Å². The Labute approximate surface area is 179 Å². The Balaban J connectivity index is 1.82. The molecule has 1 aromatic heterocycles. The molecule has 3 rings (SSSR count). The number of aromatic nitrogens is 2. The number of halogens is 1. The molecule has 0 saturated carbocycles. The molecule has 0 bridgehead atoms. The Morgan fingerprint density at radius 3 is 2.41 bits per heavy atom. The molecule has 1 saturated heterocycles. The van der Waals surface area contributed by atoms with Crippen molar-refractivity contribution in [2.24, 2.45) is 5.41 Å². The van der Waals surface area contributed by atoms with Crippen molar-refractivity contribution < 1.29 is 4.79 Å². The summed E-state index contributed by atoms with van der Waals surface area (Å²) in [5, 5.41) is 0. The fourth-order valence-electron chi connectivity index (χ4n) is 3.82. The summed E-state index contributed by atoms with van der Waals surface area (Å²) < 4.78 is 0. The van der Waals surface area contributed by atoms with Gasteiger partial charge in [0.1, 0.15) is 11.6 Å². The van der Waals surface area contributed by atoms with E-state index in [1.54, 1.807) is 0 Å². The van der Waals surface area contributed by atoms with Gasteiger partial charge in [-0.3, -0.25) is 4.79 Å². The molecule has 5 nitrogen and oxygen atoms in total. The van der Waals surface area contributed by atoms with Crippen LogP contribution < -0.4 is 4.90 Å². The van der Waals surface area contributed by atoms with Crippen LogP contribution in [0.1, 0.15) is 42.1 Å². The number of aryl methyl sites for hydroxylation is 3. The van der Waals surface area contributed by atoms with Crippen molar-refractivity contribution in [3.8, 4) is 0 Å². The highest BCUT2D eigenvalue weighted by Gasteiger charge is 2.33. The minimum absolute atomic E-state index is 0.127. The zero-order valence-corrected chi connectivity index (χ0v) is 18.9. The quantitative estimate of drug-likeness (QED) is 0.696. The van der Waals surface area contributed by atoms with Gasteiger partial charge in [-0.05, 0) is 40.2 Å². The smallest absolute Gasteiger partial charge is 0.229 e. The first-order chi connectivity index (χ1) is 13.7. The van der Waals surface area contributed by atoms with Crippen LogP contribution in [0.3, 0.4) is 0 Å². The van der Waals surface area contributed by atoms with Crippen molar-refractivity contribution >= 4 is 23.3 Å². The van der Waals surface area contributed by atoms with E-state index in [-0.39, 0.29) is 5.91 Å². The number of benzene rings is 1. The van der Waals surface area contributed by atoms with Crippen molar-refractivity contribution in [2.75, 3.05) is 37.0 Å². The Kier molecular flexibility index (Phi) is 6.47. The Morgan fingerprint density at radius 1 is 1.10 bits per heavy atom. The van der Waals surface area contributed by atoms with E-state index in [0.717, 1.165) is 36.8 Å². The predicted octanol–water partition coefficient (Wildman–Crippen LogP) is 3.91. The average Bonchev–Trinajstić information content (AvgIpc) is 2.69. The van der Waals surface area contributed by atoms with E-state index in [9.17, 15) is 4.79 Å². The number of hydrogen-bond donors (Lipinski definition) is 0. The van der Waals surface area contributed by atoms with Gasteiger partial charge in [-0.15, -0.1) is 11.6 Å². The summed E-state index contributed by atoms with van der Waals surface area (Å²) in [7, 11) is 0. The summed E-state index contributed by atoms with van der Waals surface area (Å²) in [6.07, 6.45) is 0.807. The van der Waals surface area contributed by atoms with Crippen LogP contribution in [0.25, 0.3) is 0 Å². The van der Waals surface area contributed by atoms with E-state index >= 15 is 0 Å². The standard InChI is InChI=1S/C23H31ClN4O/c1-16-7-6-8-19(13-16)14-20-17(2)25-18(3)26-21(20)27-9-11-28(12-10-27)22(29)23(4,5)15-24/h6-8,13H,9-12,14-15H2,1-5H3. The molecule has 156 valence electrons. The molecule has 1 aliphatic heterocycles. The number of piperazine rings is 1. The molecule has 1 amide bonds. The maximum Gasteiger partial charge on any atom is 0.229 e. The second-order valence-electron chi connectivity index (χ2n) is 8.62. The highest BCUT2D eigenvalue weighted by atomic mass is 35.5. The van der Waals surface area contributed by atoms with Gasteiger partial charge in [-0.25, -0.2) is 9.97 Å². The van der Waals surface area contributed by atoms with Crippen molar-refractivity contribution in [3.05, 3.63) is 52.5 Å². The van der Waals surface area contributed by atoms with Gasteiger partial charge in [0.15, 0.2) is 0 Å². The van der Waals surface area contributed by atoms with Crippen LogP contribution in [0.2, 0.25) is 0 Å². The molecule has 0 radical (unpaired) electrons. The summed E-state index contributed by atoms with van der Waals surface area (Å²) in [4.78, 5) is 26.4. The monoisotopic (exact) mass is 414 g/mol. The maximum atomic E-state index is 12.7. The van der Waals surface area contributed by atoms with Gasteiger partial charge < -0.3 is 9.80 Å². The molecule has 0 atom stereocenters. The van der Waals surface area contributed by atoms with Gasteiger partial charge in [0.05, 0.1) is 5.41 Å². The lowest BCUT2D eigenvalue weighted by atomic mass is 9.94. The second kappa shape index (κ2) is 8.70. The van der Waals surface area contributed by atoms with Crippen LogP contribution in [-0.2, 0) is 11.2 Å². The van der Waals surface area contributed by atoms with Crippen molar-refractivity contribution in [1.82, 2.24) is 14.9 Å². The van der Waals surface area contributed by atoms with Crippen LogP contribution in [0, 0.1) is 26.2 Å². The lowest BCUT2D eigenvalue weighted by molar-refractivity contribution is -0.139. The van der Waals surface area contributed by atoms with Gasteiger partial charge in [-0.1, -0.05) is 29.8 Å². The summed E-state index contributed by atoms with van der Waals surface area (Å²) in [5.74, 6) is 2.24. The van der Waals surface area contributed by atoms with Crippen molar-refractivity contribution in [2.45, 2.75) is 41.0 Å². The predicted molar refractivity (Wildman–Crippen MR) is 119 cm³/mol. The number of amides is 1. The molecule has 0 N–H and O–H groups in total. The molecular formula is C23H31ClN4O. The molecule has 2 aromatic rings. The first-order valence-corrected chi connectivity index (χ1v) is 10.7. The van der Waals surface area contributed by atoms with E-state index in [0.29, 0.717) is 19.0 Å². The molecule has 1 fully saturated rings. The van der Waals surface area contributed by atoms with E-state index < -0.39 is 5.41 Å². The normalized spacial score (nSPS) is 15.0. The molecule has 0 aliphatic carbocycles. The Morgan fingerprint density at radius 2 is 1.79 bits per heavy atom. The fourth-order valence-corrected chi connectivity index (χ4v) is 3.93. The van der Waals surface area contributed by atoms with Crippen LogP contribution in [-0.4, -0.2) is 52.8 Å². The molecule has 2 heterocycles. The lowest BCUT2D eigenvalue weighted by Crippen LogP contribution is -2.53. The molecular weight excluding hydrogens is 384 g/mol. The summed E-state index contributed by atoms with van der Waals surface area (Å²) in [6, 6.07) is 8.58. The number of nitrogens with zero attached hydrogens (tertiary/aromatic N) is 4. The van der Waals surface area contributed by atoms with Gasteiger partial charge >= 0.3 is 0 Å². The van der Waals surface area contributed by atoms with Crippen molar-refractivity contribution in [3.63, 3.8) is 0 Å². The molecule has 29 heavy (non-hydrogen) atoms. The van der Waals surface area contributed by atoms with Crippen LogP contribution in [0.5, 0.6) is 0 Å². The number of anilines is 1. The third kappa shape index (κ3) is 4.89. The lowest BCUT2D eigenvalue weighted by Gasteiger charge is -2.39. The SMILES string of the molecule is Cc1cccc(Cc2c(C)nc(C)nc2N2CCN(C(=O)C(C)(C)CCl)CC2)c1. The largest absolute Gasteiger partial charge is 0.353 e. The van der Waals surface area contributed by atoms with E-state index in [4.69, 9.17) is 16.6 Å². The first-order valence-electron chi connectivity index (χ1n) is 10.2. The van der Waals surface area contributed by atoms with Gasteiger partial charge in [0.25, 0.3) is 0 Å². The zero-order chi connectivity index (χ0) is 21.2. The second-order valence-corrected chi connectivity index (χ2v) is 8.89. The number of hydrogen-bond acceptors (Lipinski definition) is 4. The van der Waals surface area contributed by atoms with Crippen LogP contribution in [0.4, 0.5) is 5.82 Å². The number of carbonyl (C=O) groups is 1. The first kappa shape index (κ1) is 21.6. The van der Waals surface area contributed by atoms with Gasteiger partial charge in [0.2, 0.25) is 5.91 Å². The molecule has 0 spiro atoms. The topological polar surface area (TPSA) is 49.3 Å². The summed E-state index contributed by atoms with van der Waals surface area (Å²) in [5.41, 5.74) is 4.18. The van der Waals surface area contributed by atoms with Gasteiger partial charge in [-0.2, -0.15) is 0 Å². The molecule has 0 unspecified atom stereocenters. The summed E-state index contributed by atoms with van der Waals surface area (Å²) >= 11 is 6.00. The Bertz CT molecular complexity index is 888.